The fraction of sp³-hybridized carbons (Fsp3) is 0.174. The molecule has 0 aliphatic carbocycles. The third-order valence-corrected chi connectivity index (χ3v) is 6.37. The van der Waals surface area contributed by atoms with Crippen molar-refractivity contribution in [3.8, 4) is 0 Å². The van der Waals surface area contributed by atoms with Gasteiger partial charge in [-0.3, -0.25) is 9.59 Å². The molecule has 1 heterocycles. The van der Waals surface area contributed by atoms with Crippen molar-refractivity contribution < 1.29 is 57.9 Å². The van der Waals surface area contributed by atoms with Gasteiger partial charge in [0, 0.05) is 15.3 Å². The van der Waals surface area contributed by atoms with Gasteiger partial charge in [0.2, 0.25) is 0 Å². The highest BCUT2D eigenvalue weighted by molar-refractivity contribution is 14.1. The Morgan fingerprint density at radius 1 is 0.829 bits per heavy atom. The van der Waals surface area contributed by atoms with E-state index < -0.39 is 79.5 Å². The van der Waals surface area contributed by atoms with E-state index >= 15 is 4.39 Å². The Hall–Kier alpha value is -3.22. The van der Waals surface area contributed by atoms with E-state index in [-0.39, 0.29) is 16.8 Å². The van der Waals surface area contributed by atoms with Crippen LogP contribution in [0.5, 0.6) is 0 Å². The zero-order valence-corrected chi connectivity index (χ0v) is 22.2. The smallest absolute Gasteiger partial charge is 0.320 e. The fourth-order valence-corrected chi connectivity index (χ4v) is 4.21. The lowest BCUT2D eigenvalue weighted by molar-refractivity contribution is -0.348. The van der Waals surface area contributed by atoms with E-state index in [1.54, 1.807) is 5.32 Å². The molecule has 1 aromatic heterocycles. The summed E-state index contributed by atoms with van der Waals surface area (Å²) >= 11 is 6.47. The molecule has 18 heteroatoms. The number of anilines is 2. The van der Waals surface area contributed by atoms with E-state index in [0.29, 0.717) is 0 Å². The van der Waals surface area contributed by atoms with Gasteiger partial charge in [0.1, 0.15) is 5.15 Å². The van der Waals surface area contributed by atoms with Crippen molar-refractivity contribution in [2.24, 2.45) is 0 Å². The molecule has 0 atom stereocenters. The minimum Gasteiger partial charge on any atom is -0.320 e. The predicted octanol–water partition coefficient (Wildman–Crippen LogP) is 8.29. The quantitative estimate of drug-likeness (QED) is 0.158. The molecule has 220 valence electrons. The number of nitrogens with zero attached hydrogens (tertiary/aromatic N) is 1. The number of hydrogen-bond donors (Lipinski definition) is 2. The van der Waals surface area contributed by atoms with Crippen molar-refractivity contribution in [1.82, 2.24) is 4.98 Å². The number of benzene rings is 2. The second kappa shape index (κ2) is 11.2. The number of carbonyl (C=O) groups is 2. The van der Waals surface area contributed by atoms with Crippen LogP contribution in [0.3, 0.4) is 0 Å². The van der Waals surface area contributed by atoms with E-state index in [0.717, 1.165) is 47.0 Å². The second-order valence-electron chi connectivity index (χ2n) is 7.98. The highest BCUT2D eigenvalue weighted by atomic mass is 127. The van der Waals surface area contributed by atoms with Crippen molar-refractivity contribution in [3.05, 3.63) is 85.5 Å². The maximum Gasteiger partial charge on any atom is 0.435 e. The topological polar surface area (TPSA) is 71.1 Å². The number of carbonyl (C=O) groups excluding carboxylic acids is 2. The molecule has 0 radical (unpaired) electrons. The molecule has 0 saturated heterocycles. The van der Waals surface area contributed by atoms with Crippen LogP contribution in [-0.2, 0) is 11.8 Å². The number of aromatic nitrogens is 1. The van der Waals surface area contributed by atoms with Gasteiger partial charge in [0.15, 0.2) is 5.82 Å². The fourth-order valence-electron chi connectivity index (χ4n) is 3.33. The molecular weight excluding hydrogens is 722 g/mol. The Bertz CT molecular complexity index is 1480. The van der Waals surface area contributed by atoms with Crippen molar-refractivity contribution in [1.29, 1.82) is 0 Å². The average Bonchev–Trinajstić information content (AvgIpc) is 2.84. The van der Waals surface area contributed by atoms with Crippen LogP contribution in [0.1, 0.15) is 31.8 Å². The summed E-state index contributed by atoms with van der Waals surface area (Å²) < 4.78 is 149. The molecule has 0 spiro atoms. The Labute approximate surface area is 240 Å². The van der Waals surface area contributed by atoms with Gasteiger partial charge < -0.3 is 10.6 Å². The Morgan fingerprint density at radius 3 is 1.95 bits per heavy atom. The van der Waals surface area contributed by atoms with Crippen LogP contribution < -0.4 is 10.6 Å². The Kier molecular flexibility index (Phi) is 8.84. The largest absolute Gasteiger partial charge is 0.435 e. The molecular formula is C23H10ClF11IN3O2. The first-order chi connectivity index (χ1) is 18.7. The minimum absolute atomic E-state index is 0.0290. The molecule has 3 aromatic rings. The first-order valence-corrected chi connectivity index (χ1v) is 11.9. The molecule has 2 N–H and O–H groups in total. The van der Waals surface area contributed by atoms with Gasteiger partial charge in [0.05, 0.1) is 28.1 Å². The zero-order valence-electron chi connectivity index (χ0n) is 19.3. The molecule has 0 saturated carbocycles. The summed E-state index contributed by atoms with van der Waals surface area (Å²) in [5.41, 5.74) is -14.0. The average molecular weight is 732 g/mol. The number of amides is 2. The number of pyridine rings is 1. The normalized spacial score (nSPS) is 12.7. The summed E-state index contributed by atoms with van der Waals surface area (Å²) in [4.78, 5) is 28.7. The third kappa shape index (κ3) is 6.49. The zero-order chi connectivity index (χ0) is 31.1. The van der Waals surface area contributed by atoms with E-state index in [1.807, 2.05) is 0 Å². The van der Waals surface area contributed by atoms with Gasteiger partial charge in [-0.2, -0.15) is 39.5 Å². The molecule has 2 amide bonds. The molecule has 0 unspecified atom stereocenters. The number of nitrogens with one attached hydrogen (secondary N) is 2. The van der Waals surface area contributed by atoms with Crippen LogP contribution in [0.15, 0.2) is 48.7 Å². The van der Waals surface area contributed by atoms with Crippen molar-refractivity contribution in [3.63, 3.8) is 0 Å². The van der Waals surface area contributed by atoms with Crippen LogP contribution in [0.25, 0.3) is 0 Å². The summed E-state index contributed by atoms with van der Waals surface area (Å²) in [5.74, 6) is -4.03. The Morgan fingerprint density at radius 2 is 1.44 bits per heavy atom. The third-order valence-electron chi connectivity index (χ3n) is 5.29. The maximum atomic E-state index is 15.0. The summed E-state index contributed by atoms with van der Waals surface area (Å²) in [6.45, 7) is 0. The number of alkyl halides is 10. The number of hydrogen-bond acceptors (Lipinski definition) is 3. The van der Waals surface area contributed by atoms with E-state index in [1.165, 1.54) is 12.1 Å². The Balaban J connectivity index is 2.04. The van der Waals surface area contributed by atoms with E-state index in [4.69, 9.17) is 11.6 Å². The highest BCUT2D eigenvalue weighted by Crippen LogP contribution is 2.54. The van der Waals surface area contributed by atoms with Gasteiger partial charge in [-0.25, -0.2) is 13.8 Å². The number of halogens is 13. The molecule has 0 fully saturated rings. The monoisotopic (exact) mass is 731 g/mol. The van der Waals surface area contributed by atoms with E-state index in [2.05, 4.69) is 10.3 Å². The van der Waals surface area contributed by atoms with Crippen LogP contribution >= 0.6 is 34.2 Å². The molecule has 3 rings (SSSR count). The predicted molar refractivity (Wildman–Crippen MR) is 131 cm³/mol. The van der Waals surface area contributed by atoms with Crippen molar-refractivity contribution in [2.75, 3.05) is 10.6 Å². The molecule has 0 bridgehead atoms. The van der Waals surface area contributed by atoms with Gasteiger partial charge >= 0.3 is 24.2 Å². The lowest BCUT2D eigenvalue weighted by Crippen LogP contribution is -2.50. The van der Waals surface area contributed by atoms with Gasteiger partial charge in [-0.15, -0.1) is 0 Å². The maximum absolute atomic E-state index is 15.0. The standard InChI is InChI=1S/C23H10ClF11IN3O2/c24-15-5-4-9(8-37-15)18(40)38-14-3-1-2-11(16(14)25)19(41)39-17-12(21(27,28)29)6-10(7-13(17)36)20(26,22(30,31)32)23(33,34)35/h1-8H,(H,38,40)(H,39,41). The lowest BCUT2D eigenvalue weighted by atomic mass is 9.92. The summed E-state index contributed by atoms with van der Waals surface area (Å²) in [5, 5.41) is 3.71. The molecule has 0 aliphatic heterocycles. The highest BCUT2D eigenvalue weighted by Gasteiger charge is 2.73. The van der Waals surface area contributed by atoms with Gasteiger partial charge in [0.25, 0.3) is 11.8 Å². The van der Waals surface area contributed by atoms with Crippen LogP contribution in [0.2, 0.25) is 5.15 Å². The van der Waals surface area contributed by atoms with Crippen molar-refractivity contribution in [2.45, 2.75) is 24.2 Å². The van der Waals surface area contributed by atoms with Gasteiger partial charge in [-0.05, 0) is 59.0 Å². The SMILES string of the molecule is O=C(Nc1cccc(C(=O)Nc2c(I)cc(C(F)(C(F)(F)F)C(F)(F)F)cc2C(F)(F)F)c1F)c1ccc(Cl)nc1. The summed E-state index contributed by atoms with van der Waals surface area (Å²) in [7, 11) is 0. The lowest BCUT2D eigenvalue weighted by Gasteiger charge is -2.31. The molecule has 0 aliphatic rings. The van der Waals surface area contributed by atoms with Crippen molar-refractivity contribution >= 4 is 57.4 Å². The first kappa shape index (κ1) is 32.3. The first-order valence-electron chi connectivity index (χ1n) is 10.4. The summed E-state index contributed by atoms with van der Waals surface area (Å²) in [6.07, 6.45) is -18.1. The minimum atomic E-state index is -6.71. The van der Waals surface area contributed by atoms with Crippen LogP contribution in [0, 0.1) is 9.39 Å². The molecule has 5 nitrogen and oxygen atoms in total. The molecule has 41 heavy (non-hydrogen) atoms. The van der Waals surface area contributed by atoms with E-state index in [9.17, 15) is 53.5 Å². The van der Waals surface area contributed by atoms with Gasteiger partial charge in [-0.1, -0.05) is 17.7 Å². The molecule has 2 aromatic carbocycles. The van der Waals surface area contributed by atoms with Crippen LogP contribution in [0.4, 0.5) is 59.7 Å². The summed E-state index contributed by atoms with van der Waals surface area (Å²) in [6, 6.07) is 4.27. The number of rotatable bonds is 5. The van der Waals surface area contributed by atoms with Crippen LogP contribution in [-0.4, -0.2) is 29.2 Å². The second-order valence-corrected chi connectivity index (χ2v) is 9.53.